The monoisotopic (exact) mass is 236 g/mol. The zero-order chi connectivity index (χ0) is 12.1. The van der Waals surface area contributed by atoms with Crippen LogP contribution < -0.4 is 5.32 Å². The summed E-state index contributed by atoms with van der Waals surface area (Å²) in [6, 6.07) is 5.44. The van der Waals surface area contributed by atoms with E-state index in [9.17, 15) is 9.18 Å². The van der Waals surface area contributed by atoms with Gasteiger partial charge in [0.15, 0.2) is 6.04 Å². The molecule has 0 amide bonds. The predicted octanol–water partition coefficient (Wildman–Crippen LogP) is 1.26. The topological polar surface area (TPSA) is 50.7 Å². The highest BCUT2D eigenvalue weighted by atomic mass is 19.1. The summed E-state index contributed by atoms with van der Waals surface area (Å²) in [4.78, 5) is 15.6. The first-order chi connectivity index (χ1) is 8.25. The van der Waals surface area contributed by atoms with Crippen LogP contribution in [0.15, 0.2) is 29.3 Å². The molecular formula is C12H13FN2O2. The standard InChI is InChI=1S/C12H13FN2O2/c13-10-3-1-9(2-4-10)7-17-12(16)11-5-6-14-8-15-11/h1-4,8,11H,5-7H2,(H,14,15). The van der Waals surface area contributed by atoms with Gasteiger partial charge in [0.25, 0.3) is 0 Å². The Kier molecular flexibility index (Phi) is 3.69. The molecule has 4 nitrogen and oxygen atoms in total. The summed E-state index contributed by atoms with van der Waals surface area (Å²) in [6.45, 7) is 0.873. The average molecular weight is 236 g/mol. The first kappa shape index (κ1) is 11.6. The Morgan fingerprint density at radius 1 is 1.47 bits per heavy atom. The van der Waals surface area contributed by atoms with Crippen molar-refractivity contribution in [1.82, 2.24) is 5.32 Å². The molecular weight excluding hydrogens is 223 g/mol. The Morgan fingerprint density at radius 2 is 2.24 bits per heavy atom. The number of esters is 1. The van der Waals surface area contributed by atoms with Crippen LogP contribution in [0.1, 0.15) is 12.0 Å². The summed E-state index contributed by atoms with van der Waals surface area (Å²) in [5.41, 5.74) is 0.762. The molecule has 2 rings (SSSR count). The maximum atomic E-state index is 12.6. The van der Waals surface area contributed by atoms with Gasteiger partial charge >= 0.3 is 5.97 Å². The van der Waals surface area contributed by atoms with Crippen molar-refractivity contribution >= 4 is 12.3 Å². The van der Waals surface area contributed by atoms with Gasteiger partial charge in [0.2, 0.25) is 0 Å². The maximum Gasteiger partial charge on any atom is 0.331 e. The Hall–Kier alpha value is -1.91. The average Bonchev–Trinajstić information content (AvgIpc) is 2.39. The highest BCUT2D eigenvalue weighted by Gasteiger charge is 2.19. The molecule has 1 atom stereocenters. The Morgan fingerprint density at radius 3 is 2.88 bits per heavy atom. The Balaban J connectivity index is 1.85. The lowest BCUT2D eigenvalue weighted by atomic mass is 10.2. The first-order valence-corrected chi connectivity index (χ1v) is 5.42. The van der Waals surface area contributed by atoms with Gasteiger partial charge in [0.1, 0.15) is 12.4 Å². The Labute approximate surface area is 98.5 Å². The van der Waals surface area contributed by atoms with Crippen molar-refractivity contribution in [2.24, 2.45) is 4.99 Å². The van der Waals surface area contributed by atoms with Crippen LogP contribution in [-0.4, -0.2) is 24.9 Å². The lowest BCUT2D eigenvalue weighted by Gasteiger charge is -2.15. The van der Waals surface area contributed by atoms with Crippen LogP contribution in [0.5, 0.6) is 0 Å². The van der Waals surface area contributed by atoms with Crippen molar-refractivity contribution in [3.05, 3.63) is 35.6 Å². The van der Waals surface area contributed by atoms with E-state index in [1.165, 1.54) is 18.5 Å². The van der Waals surface area contributed by atoms with Crippen molar-refractivity contribution in [3.8, 4) is 0 Å². The fraction of sp³-hybridized carbons (Fsp3) is 0.333. The molecule has 1 heterocycles. The van der Waals surface area contributed by atoms with E-state index in [2.05, 4.69) is 10.3 Å². The van der Waals surface area contributed by atoms with E-state index in [0.717, 1.165) is 12.1 Å². The molecule has 0 saturated carbocycles. The number of ether oxygens (including phenoxy) is 1. The van der Waals surface area contributed by atoms with Crippen molar-refractivity contribution in [1.29, 1.82) is 0 Å². The number of rotatable bonds is 3. The lowest BCUT2D eigenvalue weighted by Crippen LogP contribution is -2.31. The van der Waals surface area contributed by atoms with E-state index in [1.54, 1.807) is 12.1 Å². The number of hydrogen-bond acceptors (Lipinski definition) is 4. The quantitative estimate of drug-likeness (QED) is 0.804. The number of benzene rings is 1. The van der Waals surface area contributed by atoms with Crippen molar-refractivity contribution in [2.45, 2.75) is 19.1 Å². The normalized spacial score (nSPS) is 18.5. The molecule has 1 unspecified atom stereocenters. The number of nitrogens with one attached hydrogen (secondary N) is 1. The second-order valence-electron chi connectivity index (χ2n) is 3.77. The zero-order valence-electron chi connectivity index (χ0n) is 9.23. The molecule has 1 aromatic rings. The summed E-state index contributed by atoms with van der Waals surface area (Å²) in [5, 5.41) is 2.91. The number of carbonyl (C=O) groups excluding carboxylic acids is 1. The van der Waals surface area contributed by atoms with Gasteiger partial charge in [0.05, 0.1) is 6.34 Å². The highest BCUT2D eigenvalue weighted by Crippen LogP contribution is 2.07. The van der Waals surface area contributed by atoms with Crippen LogP contribution in [0.2, 0.25) is 0 Å². The molecule has 1 aromatic carbocycles. The minimum absolute atomic E-state index is 0.151. The molecule has 1 aliphatic heterocycles. The largest absolute Gasteiger partial charge is 0.459 e. The molecule has 1 N–H and O–H groups in total. The minimum Gasteiger partial charge on any atom is -0.459 e. The fourth-order valence-corrected chi connectivity index (χ4v) is 1.51. The lowest BCUT2D eigenvalue weighted by molar-refractivity contribution is -0.146. The van der Waals surface area contributed by atoms with Crippen LogP contribution in [-0.2, 0) is 16.1 Å². The molecule has 0 radical (unpaired) electrons. The molecule has 0 aromatic heterocycles. The van der Waals surface area contributed by atoms with Gasteiger partial charge in [0, 0.05) is 6.54 Å². The van der Waals surface area contributed by atoms with Gasteiger partial charge < -0.3 is 10.1 Å². The Bertz CT molecular complexity index is 417. The van der Waals surface area contributed by atoms with E-state index < -0.39 is 6.04 Å². The van der Waals surface area contributed by atoms with Gasteiger partial charge in [-0.25, -0.2) is 9.18 Å². The molecule has 90 valence electrons. The summed E-state index contributed by atoms with van der Waals surface area (Å²) < 4.78 is 17.7. The maximum absolute atomic E-state index is 12.6. The fourth-order valence-electron chi connectivity index (χ4n) is 1.51. The molecule has 17 heavy (non-hydrogen) atoms. The van der Waals surface area contributed by atoms with Crippen molar-refractivity contribution in [2.75, 3.05) is 6.54 Å². The summed E-state index contributed by atoms with van der Waals surface area (Å²) >= 11 is 0. The molecule has 5 heteroatoms. The molecule has 0 fully saturated rings. The third-order valence-corrected chi connectivity index (χ3v) is 2.47. The third-order valence-electron chi connectivity index (χ3n) is 2.47. The van der Waals surface area contributed by atoms with Gasteiger partial charge in [-0.1, -0.05) is 12.1 Å². The van der Waals surface area contributed by atoms with E-state index in [1.807, 2.05) is 0 Å². The van der Waals surface area contributed by atoms with Gasteiger partial charge in [-0.3, -0.25) is 4.99 Å². The number of carbonyl (C=O) groups is 1. The summed E-state index contributed by atoms with van der Waals surface area (Å²) in [7, 11) is 0. The van der Waals surface area contributed by atoms with Crippen molar-refractivity contribution < 1.29 is 13.9 Å². The van der Waals surface area contributed by atoms with E-state index >= 15 is 0 Å². The minimum atomic E-state index is -0.420. The SMILES string of the molecule is O=C(OCc1ccc(F)cc1)C1CCNC=N1. The number of nitrogens with zero attached hydrogens (tertiary/aromatic N) is 1. The molecule has 0 bridgehead atoms. The second-order valence-corrected chi connectivity index (χ2v) is 3.77. The number of halogens is 1. The summed E-state index contributed by atoms with van der Waals surface area (Å²) in [6.07, 6.45) is 2.16. The summed E-state index contributed by atoms with van der Waals surface area (Å²) in [5.74, 6) is -0.643. The van der Waals surface area contributed by atoms with E-state index in [4.69, 9.17) is 4.74 Å². The smallest absolute Gasteiger partial charge is 0.331 e. The zero-order valence-corrected chi connectivity index (χ0v) is 9.23. The van der Waals surface area contributed by atoms with Gasteiger partial charge in [-0.2, -0.15) is 0 Å². The number of hydrogen-bond donors (Lipinski definition) is 1. The molecule has 0 aliphatic carbocycles. The van der Waals surface area contributed by atoms with Crippen LogP contribution in [0.3, 0.4) is 0 Å². The second kappa shape index (κ2) is 5.43. The van der Waals surface area contributed by atoms with Gasteiger partial charge in [-0.05, 0) is 24.1 Å². The third kappa shape index (κ3) is 3.27. The highest BCUT2D eigenvalue weighted by molar-refractivity contribution is 5.78. The van der Waals surface area contributed by atoms with Crippen molar-refractivity contribution in [3.63, 3.8) is 0 Å². The molecule has 0 spiro atoms. The van der Waals surface area contributed by atoms with Gasteiger partial charge in [-0.15, -0.1) is 0 Å². The molecule has 1 aliphatic rings. The number of aliphatic imine (C=N–C) groups is 1. The van der Waals surface area contributed by atoms with E-state index in [-0.39, 0.29) is 18.4 Å². The van der Waals surface area contributed by atoms with Crippen LogP contribution >= 0.6 is 0 Å². The first-order valence-electron chi connectivity index (χ1n) is 5.42. The van der Waals surface area contributed by atoms with E-state index in [0.29, 0.717) is 6.42 Å². The molecule has 0 saturated heterocycles. The predicted molar refractivity (Wildman–Crippen MR) is 61.1 cm³/mol. The van der Waals surface area contributed by atoms with Crippen LogP contribution in [0.25, 0.3) is 0 Å². The van der Waals surface area contributed by atoms with Crippen LogP contribution in [0, 0.1) is 5.82 Å². The van der Waals surface area contributed by atoms with Crippen LogP contribution in [0.4, 0.5) is 4.39 Å².